The van der Waals surface area contributed by atoms with Gasteiger partial charge in [-0.1, -0.05) is 44.2 Å². The smallest absolute Gasteiger partial charge is 0.240 e. The van der Waals surface area contributed by atoms with Crippen molar-refractivity contribution in [2.75, 3.05) is 0 Å². The van der Waals surface area contributed by atoms with Crippen molar-refractivity contribution < 1.29 is 12.8 Å². The summed E-state index contributed by atoms with van der Waals surface area (Å²) in [5, 5.41) is 0. The molecule has 0 atom stereocenters. The molecular formula is C21H23FN2O2S. The molecule has 0 fully saturated rings. The van der Waals surface area contributed by atoms with Crippen LogP contribution in [0.15, 0.2) is 71.8 Å². The fourth-order valence-electron chi connectivity index (χ4n) is 2.86. The molecule has 3 aromatic rings. The Bertz CT molecular complexity index is 1010. The quantitative estimate of drug-likeness (QED) is 0.659. The van der Waals surface area contributed by atoms with Crippen molar-refractivity contribution >= 4 is 10.0 Å². The van der Waals surface area contributed by atoms with Gasteiger partial charge >= 0.3 is 0 Å². The summed E-state index contributed by atoms with van der Waals surface area (Å²) in [5.74, 6) is 0.0688. The van der Waals surface area contributed by atoms with Gasteiger partial charge in [-0.25, -0.2) is 17.5 Å². The Hall–Kier alpha value is -2.44. The summed E-state index contributed by atoms with van der Waals surface area (Å²) in [6.45, 7) is 4.60. The van der Waals surface area contributed by atoms with Crippen LogP contribution in [0.5, 0.6) is 0 Å². The van der Waals surface area contributed by atoms with E-state index in [4.69, 9.17) is 0 Å². The molecule has 0 spiro atoms. The fourth-order valence-corrected chi connectivity index (χ4v) is 3.86. The zero-order valence-corrected chi connectivity index (χ0v) is 16.2. The lowest BCUT2D eigenvalue weighted by Crippen LogP contribution is -2.24. The van der Waals surface area contributed by atoms with Crippen molar-refractivity contribution in [2.24, 2.45) is 0 Å². The van der Waals surface area contributed by atoms with Gasteiger partial charge in [-0.05, 0) is 41.8 Å². The lowest BCUT2D eigenvalue weighted by Gasteiger charge is -2.12. The van der Waals surface area contributed by atoms with Crippen molar-refractivity contribution in [1.82, 2.24) is 9.29 Å². The molecule has 1 aromatic heterocycles. The third-order valence-corrected chi connectivity index (χ3v) is 5.94. The van der Waals surface area contributed by atoms with Crippen LogP contribution in [0.25, 0.3) is 0 Å². The summed E-state index contributed by atoms with van der Waals surface area (Å²) in [6, 6.07) is 17.1. The minimum Gasteiger partial charge on any atom is -0.346 e. The summed E-state index contributed by atoms with van der Waals surface area (Å²) in [7, 11) is -3.61. The van der Waals surface area contributed by atoms with E-state index in [2.05, 4.69) is 18.6 Å². The maximum Gasteiger partial charge on any atom is 0.240 e. The van der Waals surface area contributed by atoms with E-state index in [0.29, 0.717) is 18.0 Å². The van der Waals surface area contributed by atoms with Gasteiger partial charge in [-0.3, -0.25) is 0 Å². The lowest BCUT2D eigenvalue weighted by molar-refractivity contribution is 0.574. The summed E-state index contributed by atoms with van der Waals surface area (Å²) in [6.07, 6.45) is 1.81. The summed E-state index contributed by atoms with van der Waals surface area (Å²) in [4.78, 5) is 0.235. The van der Waals surface area contributed by atoms with Crippen LogP contribution in [-0.4, -0.2) is 13.0 Å². The minimum atomic E-state index is -3.61. The zero-order chi connectivity index (χ0) is 19.4. The van der Waals surface area contributed by atoms with Crippen LogP contribution >= 0.6 is 0 Å². The van der Waals surface area contributed by atoms with Crippen molar-refractivity contribution in [3.05, 3.63) is 89.5 Å². The van der Waals surface area contributed by atoms with Gasteiger partial charge in [-0.2, -0.15) is 0 Å². The first-order chi connectivity index (χ1) is 12.9. The van der Waals surface area contributed by atoms with E-state index < -0.39 is 10.0 Å². The molecule has 3 rings (SSSR count). The number of benzene rings is 2. The van der Waals surface area contributed by atoms with Crippen LogP contribution in [0.2, 0.25) is 0 Å². The maximum atomic E-state index is 13.9. The molecule has 1 N–H and O–H groups in total. The van der Waals surface area contributed by atoms with Gasteiger partial charge < -0.3 is 4.57 Å². The van der Waals surface area contributed by atoms with E-state index in [-0.39, 0.29) is 17.3 Å². The van der Waals surface area contributed by atoms with Gasteiger partial charge in [-0.15, -0.1) is 0 Å². The topological polar surface area (TPSA) is 51.1 Å². The first kappa shape index (κ1) is 19.3. The van der Waals surface area contributed by atoms with Gasteiger partial charge in [0.15, 0.2) is 0 Å². The molecule has 142 valence electrons. The molecule has 2 aromatic carbocycles. The number of sulfonamides is 1. The van der Waals surface area contributed by atoms with E-state index in [9.17, 15) is 12.8 Å². The van der Waals surface area contributed by atoms with E-state index in [1.54, 1.807) is 30.3 Å². The normalized spacial score (nSPS) is 11.9. The second-order valence-electron chi connectivity index (χ2n) is 6.77. The third kappa shape index (κ3) is 4.64. The van der Waals surface area contributed by atoms with Crippen LogP contribution in [0.3, 0.4) is 0 Å². The van der Waals surface area contributed by atoms with Crippen LogP contribution in [0.1, 0.15) is 36.6 Å². The molecular weight excluding hydrogens is 363 g/mol. The van der Waals surface area contributed by atoms with Crippen LogP contribution in [0.4, 0.5) is 4.39 Å². The van der Waals surface area contributed by atoms with Crippen molar-refractivity contribution in [1.29, 1.82) is 0 Å². The van der Waals surface area contributed by atoms with E-state index >= 15 is 0 Å². The first-order valence-electron chi connectivity index (χ1n) is 8.84. The lowest BCUT2D eigenvalue weighted by atomic mass is 10.0. The fraction of sp³-hybridized carbons (Fsp3) is 0.238. The zero-order valence-electron chi connectivity index (χ0n) is 15.4. The number of nitrogens with one attached hydrogen (secondary N) is 1. The maximum absolute atomic E-state index is 13.9. The minimum absolute atomic E-state index is 0.135. The highest BCUT2D eigenvalue weighted by Gasteiger charge is 2.15. The Kier molecular flexibility index (Phi) is 5.77. The monoisotopic (exact) mass is 386 g/mol. The second-order valence-corrected chi connectivity index (χ2v) is 8.53. The molecule has 1 heterocycles. The van der Waals surface area contributed by atoms with E-state index in [0.717, 1.165) is 11.3 Å². The molecule has 4 nitrogen and oxygen atoms in total. The number of nitrogens with zero attached hydrogens (tertiary/aromatic N) is 1. The Labute approximate surface area is 159 Å². The standard InChI is InChI=1S/C21H23FN2O2S/c1-16(2)17-9-11-20(12-10-17)27(25,26)23-14-19-7-5-13-24(19)15-18-6-3-4-8-21(18)22/h3-13,16,23H,14-15H2,1-2H3. The van der Waals surface area contributed by atoms with Gasteiger partial charge in [0.1, 0.15) is 5.82 Å². The Balaban J connectivity index is 1.71. The Morgan fingerprint density at radius 1 is 1.00 bits per heavy atom. The van der Waals surface area contributed by atoms with Crippen LogP contribution in [-0.2, 0) is 23.1 Å². The largest absolute Gasteiger partial charge is 0.346 e. The highest BCUT2D eigenvalue weighted by Crippen LogP contribution is 2.18. The molecule has 0 bridgehead atoms. The summed E-state index contributed by atoms with van der Waals surface area (Å²) < 4.78 is 43.4. The number of rotatable bonds is 7. The SMILES string of the molecule is CC(C)c1ccc(S(=O)(=O)NCc2cccn2Cc2ccccc2F)cc1. The Morgan fingerprint density at radius 3 is 2.37 bits per heavy atom. The number of halogens is 1. The molecule has 0 aliphatic rings. The van der Waals surface area contributed by atoms with Gasteiger partial charge in [0.05, 0.1) is 18.0 Å². The van der Waals surface area contributed by atoms with Crippen LogP contribution < -0.4 is 4.72 Å². The number of aromatic nitrogens is 1. The molecule has 0 saturated heterocycles. The Morgan fingerprint density at radius 2 is 1.70 bits per heavy atom. The predicted molar refractivity (Wildman–Crippen MR) is 104 cm³/mol. The highest BCUT2D eigenvalue weighted by atomic mass is 32.2. The molecule has 0 radical (unpaired) electrons. The van der Waals surface area contributed by atoms with Crippen molar-refractivity contribution in [2.45, 2.75) is 37.8 Å². The van der Waals surface area contributed by atoms with E-state index in [1.807, 2.05) is 35.0 Å². The molecule has 0 saturated carbocycles. The first-order valence-corrected chi connectivity index (χ1v) is 10.3. The van der Waals surface area contributed by atoms with Gasteiger partial charge in [0.2, 0.25) is 10.0 Å². The molecule has 27 heavy (non-hydrogen) atoms. The summed E-state index contributed by atoms with van der Waals surface area (Å²) in [5.41, 5.74) is 2.41. The molecule has 0 aliphatic heterocycles. The van der Waals surface area contributed by atoms with Crippen molar-refractivity contribution in [3.8, 4) is 0 Å². The number of hydrogen-bond donors (Lipinski definition) is 1. The molecule has 0 amide bonds. The van der Waals surface area contributed by atoms with E-state index in [1.165, 1.54) is 6.07 Å². The van der Waals surface area contributed by atoms with Crippen molar-refractivity contribution in [3.63, 3.8) is 0 Å². The second kappa shape index (κ2) is 8.06. The molecule has 0 aliphatic carbocycles. The van der Waals surface area contributed by atoms with Gasteiger partial charge in [0.25, 0.3) is 0 Å². The van der Waals surface area contributed by atoms with Gasteiger partial charge in [0, 0.05) is 17.5 Å². The average molecular weight is 386 g/mol. The molecule has 0 unspecified atom stereocenters. The highest BCUT2D eigenvalue weighted by molar-refractivity contribution is 7.89. The third-order valence-electron chi connectivity index (χ3n) is 4.52. The molecule has 6 heteroatoms. The van der Waals surface area contributed by atoms with Crippen LogP contribution in [0, 0.1) is 5.82 Å². The predicted octanol–water partition coefficient (Wildman–Crippen LogP) is 4.28. The number of hydrogen-bond acceptors (Lipinski definition) is 2. The average Bonchev–Trinajstić information content (AvgIpc) is 3.09. The summed E-state index contributed by atoms with van der Waals surface area (Å²) >= 11 is 0.